The van der Waals surface area contributed by atoms with E-state index >= 15 is 0 Å². The topological polar surface area (TPSA) is 50.4 Å². The number of urea groups is 1. The third-order valence-corrected chi connectivity index (χ3v) is 3.42. The molecule has 0 saturated heterocycles. The Morgan fingerprint density at radius 1 is 1.17 bits per heavy atom. The van der Waals surface area contributed by atoms with Gasteiger partial charge in [0.15, 0.2) is 0 Å². The van der Waals surface area contributed by atoms with Crippen LogP contribution in [-0.4, -0.2) is 19.2 Å². The molecular weight excluding hydrogens is 380 g/mol. The number of hydrogen-bond donors (Lipinski definition) is 2. The summed E-state index contributed by atoms with van der Waals surface area (Å²) in [5, 5.41) is 5.93. The molecule has 0 spiro atoms. The summed E-state index contributed by atoms with van der Waals surface area (Å²) in [5.74, 6) is 6.39. The van der Waals surface area contributed by atoms with Crippen molar-refractivity contribution in [1.82, 2.24) is 5.32 Å². The number of ether oxygens (including phenoxy) is 1. The van der Waals surface area contributed by atoms with Gasteiger partial charge in [-0.15, -0.1) is 0 Å². The predicted octanol–water partition coefficient (Wildman–Crippen LogP) is 4.31. The first-order chi connectivity index (χ1) is 11.1. The first-order valence-electron chi connectivity index (χ1n) is 6.78. The maximum Gasteiger partial charge on any atom is 0.319 e. The lowest BCUT2D eigenvalue weighted by atomic mass is 10.3. The Kier molecular flexibility index (Phi) is 6.79. The summed E-state index contributed by atoms with van der Waals surface area (Å²) in [5.41, 5.74) is 0.665. The van der Waals surface area contributed by atoms with Gasteiger partial charge in [-0.25, -0.2) is 4.79 Å². The second-order valence-corrected chi connectivity index (χ2v) is 5.77. The van der Waals surface area contributed by atoms with E-state index in [0.29, 0.717) is 10.7 Å². The van der Waals surface area contributed by atoms with Crippen molar-refractivity contribution in [2.75, 3.05) is 18.5 Å². The summed E-state index contributed by atoms with van der Waals surface area (Å²) in [7, 11) is 0. The Hall–Kier alpha value is -2.16. The maximum atomic E-state index is 11.6. The number of benzene rings is 2. The number of rotatable bonds is 4. The van der Waals surface area contributed by atoms with Crippen molar-refractivity contribution < 1.29 is 9.53 Å². The third kappa shape index (κ3) is 6.64. The molecule has 0 heterocycles. The number of carbonyl (C=O) groups excluding carboxylic acids is 1. The van der Waals surface area contributed by atoms with Crippen molar-refractivity contribution in [2.24, 2.45) is 0 Å². The van der Waals surface area contributed by atoms with E-state index in [-0.39, 0.29) is 19.2 Å². The van der Waals surface area contributed by atoms with Crippen LogP contribution in [0.15, 0.2) is 53.0 Å². The molecule has 0 atom stereocenters. The molecule has 0 radical (unpaired) electrons. The van der Waals surface area contributed by atoms with E-state index in [1.165, 1.54) is 0 Å². The van der Waals surface area contributed by atoms with Gasteiger partial charge >= 0.3 is 6.03 Å². The van der Waals surface area contributed by atoms with Crippen molar-refractivity contribution in [3.63, 3.8) is 0 Å². The zero-order chi connectivity index (χ0) is 16.5. The van der Waals surface area contributed by atoms with Crippen molar-refractivity contribution in [2.45, 2.75) is 0 Å². The molecule has 2 amide bonds. The average molecular weight is 394 g/mol. The summed E-state index contributed by atoms with van der Waals surface area (Å²) in [6.07, 6.45) is 0. The van der Waals surface area contributed by atoms with E-state index in [1.54, 1.807) is 24.3 Å². The van der Waals surface area contributed by atoms with E-state index in [4.69, 9.17) is 16.3 Å². The minimum absolute atomic E-state index is 0.237. The molecule has 0 bridgehead atoms. The van der Waals surface area contributed by atoms with Crippen LogP contribution < -0.4 is 15.4 Å². The van der Waals surface area contributed by atoms with E-state index in [0.717, 1.165) is 10.2 Å². The minimum Gasteiger partial charge on any atom is -0.481 e. The van der Waals surface area contributed by atoms with Crippen molar-refractivity contribution >= 4 is 39.2 Å². The Bertz CT molecular complexity index is 723. The van der Waals surface area contributed by atoms with Crippen LogP contribution in [0.4, 0.5) is 10.5 Å². The highest BCUT2D eigenvalue weighted by Gasteiger charge is 1.99. The second-order valence-electron chi connectivity index (χ2n) is 4.41. The van der Waals surface area contributed by atoms with Crippen LogP contribution in [0.5, 0.6) is 5.75 Å². The van der Waals surface area contributed by atoms with Gasteiger partial charge in [0.1, 0.15) is 12.4 Å². The molecule has 2 aromatic rings. The van der Waals surface area contributed by atoms with Gasteiger partial charge in [-0.05, 0) is 42.5 Å². The molecule has 2 N–H and O–H groups in total. The van der Waals surface area contributed by atoms with Crippen LogP contribution in [0.3, 0.4) is 0 Å². The van der Waals surface area contributed by atoms with E-state index in [2.05, 4.69) is 38.4 Å². The Morgan fingerprint density at radius 2 is 1.96 bits per heavy atom. The lowest BCUT2D eigenvalue weighted by Crippen LogP contribution is -2.28. The van der Waals surface area contributed by atoms with Crippen molar-refractivity contribution in [3.8, 4) is 17.6 Å². The van der Waals surface area contributed by atoms with E-state index in [1.807, 2.05) is 24.3 Å². The molecule has 0 fully saturated rings. The lowest BCUT2D eigenvalue weighted by Gasteiger charge is -2.05. The fourth-order valence-electron chi connectivity index (χ4n) is 1.62. The molecule has 0 unspecified atom stereocenters. The van der Waals surface area contributed by atoms with Crippen LogP contribution in [-0.2, 0) is 0 Å². The van der Waals surface area contributed by atoms with Crippen molar-refractivity contribution in [1.29, 1.82) is 0 Å². The van der Waals surface area contributed by atoms with E-state index in [9.17, 15) is 4.79 Å². The fraction of sp³-hybridized carbons (Fsp3) is 0.118. The molecule has 0 aliphatic heterocycles. The third-order valence-electron chi connectivity index (χ3n) is 2.67. The molecule has 2 rings (SSSR count). The first-order valence-corrected chi connectivity index (χ1v) is 7.95. The van der Waals surface area contributed by atoms with E-state index < -0.39 is 0 Å². The van der Waals surface area contributed by atoms with Crippen LogP contribution in [0.1, 0.15) is 0 Å². The molecule has 6 heteroatoms. The summed E-state index contributed by atoms with van der Waals surface area (Å²) in [4.78, 5) is 11.6. The number of anilines is 1. The maximum absolute atomic E-state index is 11.6. The highest BCUT2D eigenvalue weighted by atomic mass is 79.9. The molecule has 23 heavy (non-hydrogen) atoms. The highest BCUT2D eigenvalue weighted by molar-refractivity contribution is 9.10. The molecule has 0 aliphatic rings. The smallest absolute Gasteiger partial charge is 0.319 e. The minimum atomic E-state index is -0.325. The summed E-state index contributed by atoms with van der Waals surface area (Å²) in [6.45, 7) is 0.498. The fourth-order valence-corrected chi connectivity index (χ4v) is 2.13. The molecule has 0 aromatic heterocycles. The molecule has 118 valence electrons. The second kappa shape index (κ2) is 9.09. The number of halogens is 2. The molecule has 0 saturated carbocycles. The largest absolute Gasteiger partial charge is 0.481 e. The first kappa shape index (κ1) is 17.2. The molecular formula is C17H14BrClN2O2. The summed E-state index contributed by atoms with van der Waals surface area (Å²) >= 11 is 9.14. The van der Waals surface area contributed by atoms with Gasteiger partial charge in [-0.1, -0.05) is 45.4 Å². The normalized spacial score (nSPS) is 9.48. The van der Waals surface area contributed by atoms with Gasteiger partial charge in [0.25, 0.3) is 0 Å². The molecule has 0 aliphatic carbocycles. The van der Waals surface area contributed by atoms with Gasteiger partial charge in [0.05, 0.1) is 6.54 Å². The average Bonchev–Trinajstić information content (AvgIpc) is 2.53. The van der Waals surface area contributed by atoms with Gasteiger partial charge in [-0.3, -0.25) is 0 Å². The Labute approximate surface area is 148 Å². The highest BCUT2D eigenvalue weighted by Crippen LogP contribution is 2.17. The lowest BCUT2D eigenvalue weighted by molar-refractivity contribution is 0.253. The Balaban J connectivity index is 1.67. The molecule has 2 aromatic carbocycles. The number of nitrogens with one attached hydrogen (secondary N) is 2. The van der Waals surface area contributed by atoms with Crippen LogP contribution in [0.25, 0.3) is 0 Å². The Morgan fingerprint density at radius 3 is 2.70 bits per heavy atom. The van der Waals surface area contributed by atoms with Crippen LogP contribution in [0, 0.1) is 11.8 Å². The van der Waals surface area contributed by atoms with Crippen molar-refractivity contribution in [3.05, 3.63) is 58.0 Å². The molecule has 4 nitrogen and oxygen atoms in total. The number of carbonyl (C=O) groups is 1. The number of hydrogen-bond acceptors (Lipinski definition) is 2. The zero-order valence-electron chi connectivity index (χ0n) is 12.1. The van der Waals surface area contributed by atoms with Gasteiger partial charge in [0, 0.05) is 15.2 Å². The standard InChI is InChI=1S/C17H14BrClN2O2/c18-13-4-3-5-16(12-13)23-11-2-1-10-20-17(22)21-15-8-6-14(19)7-9-15/h3-9,12H,10-11H2,(H2,20,21,22). The van der Waals surface area contributed by atoms with Gasteiger partial charge in [0.2, 0.25) is 0 Å². The SMILES string of the molecule is O=C(NCC#CCOc1cccc(Br)c1)Nc1ccc(Cl)cc1. The quantitative estimate of drug-likeness (QED) is 0.761. The monoisotopic (exact) mass is 392 g/mol. The van der Waals surface area contributed by atoms with Gasteiger partial charge < -0.3 is 15.4 Å². The summed E-state index contributed by atoms with van der Waals surface area (Å²) in [6, 6.07) is 14.0. The predicted molar refractivity (Wildman–Crippen MR) is 95.9 cm³/mol. The van der Waals surface area contributed by atoms with Crippen LogP contribution >= 0.6 is 27.5 Å². The number of amides is 2. The zero-order valence-corrected chi connectivity index (χ0v) is 14.4. The summed E-state index contributed by atoms with van der Waals surface area (Å²) < 4.78 is 6.40. The van der Waals surface area contributed by atoms with Crippen LogP contribution in [0.2, 0.25) is 5.02 Å². The van der Waals surface area contributed by atoms with Gasteiger partial charge in [-0.2, -0.15) is 0 Å².